The Labute approximate surface area is 222 Å². The van der Waals surface area contributed by atoms with Crippen LogP contribution >= 0.6 is 11.8 Å². The number of halogens is 3. The number of thioether (sulfide) groups is 1. The number of amides is 4. The summed E-state index contributed by atoms with van der Waals surface area (Å²) in [6.07, 6.45) is 1.46. The Bertz CT molecular complexity index is 1360. The van der Waals surface area contributed by atoms with Gasteiger partial charge in [0.15, 0.2) is 0 Å². The number of alkyl halides is 3. The first-order valence-corrected chi connectivity index (χ1v) is 12.5. The highest BCUT2D eigenvalue weighted by molar-refractivity contribution is 8.00. The summed E-state index contributed by atoms with van der Waals surface area (Å²) in [6, 6.07) is 15.4. The average molecular weight is 543 g/mol. The monoisotopic (exact) mass is 542 g/mol. The van der Waals surface area contributed by atoms with Crippen molar-refractivity contribution in [2.24, 2.45) is 0 Å². The number of carbonyl (C=O) groups is 3. The maximum absolute atomic E-state index is 13.3. The highest BCUT2D eigenvalue weighted by Crippen LogP contribution is 2.38. The number of nitrogens with zero attached hydrogens (tertiary/aromatic N) is 3. The fourth-order valence-electron chi connectivity index (χ4n) is 3.98. The van der Waals surface area contributed by atoms with Crippen molar-refractivity contribution in [3.63, 3.8) is 0 Å². The number of rotatable bonds is 7. The SMILES string of the molecule is Cc1ccc(CNC(=O)c2cc(CN3C(=O)N(c4ccc(SC(F)(F)F)cc4)C(=O)C3(C)C)ccn2)cc1. The normalized spacial score (nSPS) is 15.2. The van der Waals surface area contributed by atoms with E-state index in [-0.39, 0.29) is 40.5 Å². The summed E-state index contributed by atoms with van der Waals surface area (Å²) in [4.78, 5) is 45.5. The van der Waals surface area contributed by atoms with Gasteiger partial charge in [-0.05, 0) is 80.1 Å². The van der Waals surface area contributed by atoms with Gasteiger partial charge in [-0.2, -0.15) is 13.2 Å². The summed E-state index contributed by atoms with van der Waals surface area (Å²) in [5.74, 6) is -0.891. The minimum absolute atomic E-state index is 0.0246. The molecule has 0 unspecified atom stereocenters. The zero-order chi connectivity index (χ0) is 27.7. The molecule has 7 nitrogen and oxygen atoms in total. The molecular formula is C27H25F3N4O3S. The number of hydrogen-bond acceptors (Lipinski definition) is 5. The second-order valence-corrected chi connectivity index (χ2v) is 10.5. The van der Waals surface area contributed by atoms with Crippen molar-refractivity contribution in [1.82, 2.24) is 15.2 Å². The molecule has 1 N–H and O–H groups in total. The van der Waals surface area contributed by atoms with Crippen LogP contribution in [0.2, 0.25) is 0 Å². The Morgan fingerprint density at radius 2 is 1.66 bits per heavy atom. The van der Waals surface area contributed by atoms with Gasteiger partial charge in [0, 0.05) is 24.2 Å². The van der Waals surface area contributed by atoms with E-state index in [1.54, 1.807) is 26.0 Å². The molecule has 11 heteroatoms. The van der Waals surface area contributed by atoms with Crippen molar-refractivity contribution >= 4 is 35.3 Å². The van der Waals surface area contributed by atoms with Crippen LogP contribution in [0.4, 0.5) is 23.7 Å². The summed E-state index contributed by atoms with van der Waals surface area (Å²) < 4.78 is 37.9. The zero-order valence-electron chi connectivity index (χ0n) is 20.9. The summed E-state index contributed by atoms with van der Waals surface area (Å²) in [5, 5.41) is 2.82. The molecule has 1 aliphatic rings. The Morgan fingerprint density at radius 3 is 2.29 bits per heavy atom. The van der Waals surface area contributed by atoms with Crippen molar-refractivity contribution in [2.45, 2.75) is 49.8 Å². The number of benzene rings is 2. The van der Waals surface area contributed by atoms with E-state index in [4.69, 9.17) is 0 Å². The van der Waals surface area contributed by atoms with Gasteiger partial charge >= 0.3 is 11.5 Å². The molecule has 4 rings (SSSR count). The fraction of sp³-hybridized carbons (Fsp3) is 0.259. The quantitative estimate of drug-likeness (QED) is 0.307. The van der Waals surface area contributed by atoms with Gasteiger partial charge in [0.25, 0.3) is 11.8 Å². The average Bonchev–Trinajstić information content (AvgIpc) is 3.02. The molecule has 198 valence electrons. The van der Waals surface area contributed by atoms with Crippen LogP contribution in [0.25, 0.3) is 0 Å². The number of anilines is 1. The summed E-state index contributed by atoms with van der Waals surface area (Å²) in [6.45, 7) is 5.52. The number of imide groups is 1. The van der Waals surface area contributed by atoms with E-state index in [0.717, 1.165) is 16.0 Å². The first-order chi connectivity index (χ1) is 17.8. The molecule has 0 aliphatic carbocycles. The molecule has 1 fully saturated rings. The van der Waals surface area contributed by atoms with Crippen LogP contribution in [-0.4, -0.2) is 38.8 Å². The molecule has 1 aromatic heterocycles. The maximum atomic E-state index is 13.3. The van der Waals surface area contributed by atoms with Crippen LogP contribution in [0.3, 0.4) is 0 Å². The molecule has 1 aliphatic heterocycles. The van der Waals surface area contributed by atoms with Gasteiger partial charge in [0.1, 0.15) is 11.2 Å². The number of urea groups is 1. The van der Waals surface area contributed by atoms with Crippen LogP contribution in [0.15, 0.2) is 71.8 Å². The topological polar surface area (TPSA) is 82.6 Å². The maximum Gasteiger partial charge on any atom is 0.446 e. The van der Waals surface area contributed by atoms with Gasteiger partial charge in [-0.25, -0.2) is 9.69 Å². The van der Waals surface area contributed by atoms with Gasteiger partial charge in [-0.15, -0.1) is 0 Å². The Morgan fingerprint density at radius 1 is 1.00 bits per heavy atom. The highest BCUT2D eigenvalue weighted by Gasteiger charge is 2.51. The molecular weight excluding hydrogens is 517 g/mol. The predicted molar refractivity (Wildman–Crippen MR) is 137 cm³/mol. The van der Waals surface area contributed by atoms with E-state index >= 15 is 0 Å². The van der Waals surface area contributed by atoms with Gasteiger partial charge in [0.2, 0.25) is 0 Å². The lowest BCUT2D eigenvalue weighted by molar-refractivity contribution is -0.123. The largest absolute Gasteiger partial charge is 0.446 e. The number of pyridine rings is 1. The summed E-state index contributed by atoms with van der Waals surface area (Å²) in [5.41, 5.74) is -2.69. The van der Waals surface area contributed by atoms with Crippen molar-refractivity contribution in [1.29, 1.82) is 0 Å². The predicted octanol–water partition coefficient (Wildman–Crippen LogP) is 5.68. The first kappa shape index (κ1) is 27.2. The first-order valence-electron chi connectivity index (χ1n) is 11.7. The molecule has 2 aromatic carbocycles. The Balaban J connectivity index is 1.48. The third-order valence-corrected chi connectivity index (χ3v) is 6.86. The third-order valence-electron chi connectivity index (χ3n) is 6.12. The molecule has 0 atom stereocenters. The lowest BCUT2D eigenvalue weighted by Crippen LogP contribution is -2.43. The highest BCUT2D eigenvalue weighted by atomic mass is 32.2. The van der Waals surface area contributed by atoms with Crippen LogP contribution in [-0.2, 0) is 17.9 Å². The van der Waals surface area contributed by atoms with E-state index in [1.165, 1.54) is 35.4 Å². The van der Waals surface area contributed by atoms with Gasteiger partial charge in [-0.1, -0.05) is 29.8 Å². The number of nitrogens with one attached hydrogen (secondary N) is 1. The van der Waals surface area contributed by atoms with Gasteiger partial charge in [-0.3, -0.25) is 14.6 Å². The Hall–Kier alpha value is -3.86. The van der Waals surface area contributed by atoms with E-state index < -0.39 is 23.0 Å². The second-order valence-electron chi connectivity index (χ2n) is 9.33. The number of hydrogen-bond donors (Lipinski definition) is 1. The molecule has 38 heavy (non-hydrogen) atoms. The van der Waals surface area contributed by atoms with E-state index in [9.17, 15) is 27.6 Å². The van der Waals surface area contributed by atoms with Gasteiger partial charge < -0.3 is 10.2 Å². The lowest BCUT2D eigenvalue weighted by Gasteiger charge is -2.27. The van der Waals surface area contributed by atoms with Crippen molar-refractivity contribution in [2.75, 3.05) is 4.90 Å². The van der Waals surface area contributed by atoms with E-state index in [0.29, 0.717) is 12.1 Å². The molecule has 0 spiro atoms. The van der Waals surface area contributed by atoms with Gasteiger partial charge in [0.05, 0.1) is 5.69 Å². The molecule has 3 aromatic rings. The van der Waals surface area contributed by atoms with Crippen molar-refractivity contribution < 1.29 is 27.6 Å². The lowest BCUT2D eigenvalue weighted by atomic mass is 10.0. The van der Waals surface area contributed by atoms with Crippen LogP contribution in [0, 0.1) is 6.92 Å². The number of aryl methyl sites for hydroxylation is 1. The second kappa shape index (κ2) is 10.5. The third kappa shape index (κ3) is 5.99. The molecule has 0 saturated carbocycles. The van der Waals surface area contributed by atoms with Crippen molar-refractivity contribution in [3.05, 3.63) is 89.2 Å². The molecule has 2 heterocycles. The summed E-state index contributed by atoms with van der Waals surface area (Å²) in [7, 11) is 0. The van der Waals surface area contributed by atoms with Crippen LogP contribution in [0.1, 0.15) is 41.0 Å². The molecule has 1 saturated heterocycles. The zero-order valence-corrected chi connectivity index (χ0v) is 21.7. The fourth-order valence-corrected chi connectivity index (χ4v) is 4.52. The number of aromatic nitrogens is 1. The molecule has 0 radical (unpaired) electrons. The van der Waals surface area contributed by atoms with Crippen molar-refractivity contribution in [3.8, 4) is 0 Å². The van der Waals surface area contributed by atoms with E-state index in [1.807, 2.05) is 31.2 Å². The minimum atomic E-state index is -4.44. The number of carbonyl (C=O) groups excluding carboxylic acids is 3. The van der Waals surface area contributed by atoms with E-state index in [2.05, 4.69) is 10.3 Å². The molecule has 4 amide bonds. The van der Waals surface area contributed by atoms with Crippen LogP contribution in [0.5, 0.6) is 0 Å². The standard InChI is InChI=1S/C27H25F3N4O3S/c1-17-4-6-18(7-5-17)15-32-23(35)22-14-19(12-13-31-22)16-33-25(37)34(24(36)26(33,2)3)20-8-10-21(11-9-20)38-27(28,29)30/h4-14H,15-16H2,1-3H3,(H,32,35). The molecule has 0 bridgehead atoms. The van der Waals surface area contributed by atoms with Crippen LogP contribution < -0.4 is 10.2 Å². The smallest absolute Gasteiger partial charge is 0.347 e. The minimum Gasteiger partial charge on any atom is -0.347 e. The Kier molecular flexibility index (Phi) is 7.50. The summed E-state index contributed by atoms with van der Waals surface area (Å²) >= 11 is -0.275.